The Hall–Kier alpha value is -1.39. The van der Waals surface area contributed by atoms with Gasteiger partial charge in [0.2, 0.25) is 5.83 Å². The van der Waals surface area contributed by atoms with Crippen molar-refractivity contribution in [1.29, 1.82) is 0 Å². The normalized spacial score (nSPS) is 28.4. The van der Waals surface area contributed by atoms with Crippen LogP contribution in [0, 0.1) is 17.3 Å². The van der Waals surface area contributed by atoms with Crippen LogP contribution >= 0.6 is 0 Å². The topological polar surface area (TPSA) is 63.6 Å². The van der Waals surface area contributed by atoms with Gasteiger partial charge < -0.3 is 9.84 Å². The van der Waals surface area contributed by atoms with Crippen LogP contribution in [-0.2, 0) is 14.3 Å². The van der Waals surface area contributed by atoms with E-state index in [-0.39, 0.29) is 0 Å². The van der Waals surface area contributed by atoms with Crippen LogP contribution in [0.1, 0.15) is 13.8 Å². The van der Waals surface area contributed by atoms with Crippen LogP contribution in [0.3, 0.4) is 0 Å². The smallest absolute Gasteiger partial charge is 0.366 e. The molecule has 1 rings (SSSR count). The summed E-state index contributed by atoms with van der Waals surface area (Å²) in [5.41, 5.74) is -0.503. The third-order valence-electron chi connectivity index (χ3n) is 2.88. The Morgan fingerprint density at radius 3 is 2.33 bits per heavy atom. The number of carbonyl (C=O) groups excluding carboxylic acids is 1. The van der Waals surface area contributed by atoms with E-state index in [0.29, 0.717) is 0 Å². The molecule has 5 heteroatoms. The Labute approximate surface area is 86.7 Å². The van der Waals surface area contributed by atoms with E-state index < -0.39 is 35.0 Å². The van der Waals surface area contributed by atoms with Crippen LogP contribution in [0.15, 0.2) is 11.9 Å². The van der Waals surface area contributed by atoms with Gasteiger partial charge in [-0.2, -0.15) is 4.39 Å². The molecule has 0 radical (unpaired) electrons. The SMILES string of the molecule is COC(=O)/C(F)=C\C1[C@@H](C(=O)O)C1(C)C. The molecule has 0 amide bonds. The van der Waals surface area contributed by atoms with Crippen LogP contribution in [0.25, 0.3) is 0 Å². The highest BCUT2D eigenvalue weighted by atomic mass is 19.1. The van der Waals surface area contributed by atoms with Crippen molar-refractivity contribution in [2.45, 2.75) is 13.8 Å². The quantitative estimate of drug-likeness (QED) is 0.571. The number of carboxylic acids is 1. The Morgan fingerprint density at radius 1 is 1.47 bits per heavy atom. The second kappa shape index (κ2) is 3.64. The Kier molecular flexibility index (Phi) is 2.83. The predicted octanol–water partition coefficient (Wildman–Crippen LogP) is 1.37. The first-order valence-corrected chi connectivity index (χ1v) is 4.50. The summed E-state index contributed by atoms with van der Waals surface area (Å²) in [6.07, 6.45) is 1.03. The van der Waals surface area contributed by atoms with Gasteiger partial charge in [0.05, 0.1) is 13.0 Å². The molecule has 15 heavy (non-hydrogen) atoms. The fourth-order valence-corrected chi connectivity index (χ4v) is 1.78. The van der Waals surface area contributed by atoms with Gasteiger partial charge in [-0.05, 0) is 17.4 Å². The molecule has 1 fully saturated rings. The zero-order valence-corrected chi connectivity index (χ0v) is 8.78. The summed E-state index contributed by atoms with van der Waals surface area (Å²) in [5.74, 6) is -4.15. The predicted molar refractivity (Wildman–Crippen MR) is 49.6 cm³/mol. The van der Waals surface area contributed by atoms with Crippen molar-refractivity contribution in [3.63, 3.8) is 0 Å². The zero-order chi connectivity index (χ0) is 11.8. The molecule has 0 heterocycles. The maximum Gasteiger partial charge on any atom is 0.366 e. The molecule has 0 aromatic heterocycles. The number of hydrogen-bond donors (Lipinski definition) is 1. The fourth-order valence-electron chi connectivity index (χ4n) is 1.78. The molecule has 0 spiro atoms. The summed E-state index contributed by atoms with van der Waals surface area (Å²) >= 11 is 0. The molecular formula is C10H13FO4. The third-order valence-corrected chi connectivity index (χ3v) is 2.88. The molecule has 4 nitrogen and oxygen atoms in total. The summed E-state index contributed by atoms with van der Waals surface area (Å²) in [4.78, 5) is 21.5. The van der Waals surface area contributed by atoms with Gasteiger partial charge >= 0.3 is 11.9 Å². The summed E-state index contributed by atoms with van der Waals surface area (Å²) in [6.45, 7) is 3.44. The van der Waals surface area contributed by atoms with E-state index in [1.165, 1.54) is 0 Å². The van der Waals surface area contributed by atoms with Crippen molar-refractivity contribution in [3.8, 4) is 0 Å². The van der Waals surface area contributed by atoms with Crippen molar-refractivity contribution in [1.82, 2.24) is 0 Å². The van der Waals surface area contributed by atoms with Gasteiger partial charge in [0.1, 0.15) is 0 Å². The Bertz CT molecular complexity index is 332. The number of aliphatic carboxylic acids is 1. The molecule has 1 unspecified atom stereocenters. The Balaban J connectivity index is 2.78. The number of hydrogen-bond acceptors (Lipinski definition) is 3. The van der Waals surface area contributed by atoms with E-state index in [1.807, 2.05) is 0 Å². The molecule has 1 saturated carbocycles. The fraction of sp³-hybridized carbons (Fsp3) is 0.600. The molecule has 84 valence electrons. The minimum absolute atomic E-state index is 0.450. The lowest BCUT2D eigenvalue weighted by molar-refractivity contribution is -0.140. The van der Waals surface area contributed by atoms with E-state index in [1.54, 1.807) is 13.8 Å². The maximum absolute atomic E-state index is 13.1. The van der Waals surface area contributed by atoms with E-state index in [0.717, 1.165) is 13.2 Å². The van der Waals surface area contributed by atoms with Gasteiger partial charge in [-0.3, -0.25) is 4.79 Å². The number of halogens is 1. The van der Waals surface area contributed by atoms with Crippen LogP contribution in [0.2, 0.25) is 0 Å². The highest BCUT2D eigenvalue weighted by Gasteiger charge is 2.61. The number of esters is 1. The molecule has 2 atom stereocenters. The van der Waals surface area contributed by atoms with Crippen LogP contribution in [-0.4, -0.2) is 24.2 Å². The van der Waals surface area contributed by atoms with Crippen LogP contribution in [0.4, 0.5) is 4.39 Å². The minimum Gasteiger partial charge on any atom is -0.481 e. The molecule has 1 N–H and O–H groups in total. The first kappa shape index (κ1) is 11.7. The number of carbonyl (C=O) groups is 2. The number of rotatable bonds is 3. The second-order valence-corrected chi connectivity index (χ2v) is 4.17. The summed E-state index contributed by atoms with van der Waals surface area (Å²) < 4.78 is 17.2. The lowest BCUT2D eigenvalue weighted by Gasteiger charge is -1.97. The highest BCUT2D eigenvalue weighted by Crippen LogP contribution is 2.59. The van der Waals surface area contributed by atoms with Crippen molar-refractivity contribution < 1.29 is 23.8 Å². The second-order valence-electron chi connectivity index (χ2n) is 4.17. The van der Waals surface area contributed by atoms with Crippen molar-refractivity contribution in [3.05, 3.63) is 11.9 Å². The molecule has 0 aromatic rings. The van der Waals surface area contributed by atoms with Gasteiger partial charge in [0.25, 0.3) is 0 Å². The molecule has 0 saturated heterocycles. The van der Waals surface area contributed by atoms with Gasteiger partial charge in [-0.15, -0.1) is 0 Å². The number of carboxylic acid groups (broad SMARTS) is 1. The molecule has 0 aromatic carbocycles. The first-order valence-electron chi connectivity index (χ1n) is 4.50. The van der Waals surface area contributed by atoms with Gasteiger partial charge in [0, 0.05) is 0 Å². The summed E-state index contributed by atoms with van der Waals surface area (Å²) in [7, 11) is 1.07. The number of ether oxygens (including phenoxy) is 1. The van der Waals surface area contributed by atoms with Crippen molar-refractivity contribution >= 4 is 11.9 Å². The van der Waals surface area contributed by atoms with Gasteiger partial charge in [-0.1, -0.05) is 13.8 Å². The summed E-state index contributed by atoms with van der Waals surface area (Å²) in [6, 6.07) is 0. The number of methoxy groups -OCH3 is 1. The molecular weight excluding hydrogens is 203 g/mol. The van der Waals surface area contributed by atoms with Crippen molar-refractivity contribution in [2.24, 2.45) is 17.3 Å². The molecule has 0 bridgehead atoms. The number of allylic oxidation sites excluding steroid dienone is 1. The largest absolute Gasteiger partial charge is 0.481 e. The van der Waals surface area contributed by atoms with Gasteiger partial charge in [-0.25, -0.2) is 4.79 Å². The maximum atomic E-state index is 13.1. The average Bonchev–Trinajstić information content (AvgIpc) is 2.66. The molecule has 1 aliphatic rings. The Morgan fingerprint density at radius 2 is 2.00 bits per heavy atom. The zero-order valence-electron chi connectivity index (χ0n) is 8.78. The lowest BCUT2D eigenvalue weighted by atomic mass is 10.1. The molecule has 0 aliphatic heterocycles. The van der Waals surface area contributed by atoms with E-state index >= 15 is 0 Å². The van der Waals surface area contributed by atoms with E-state index in [2.05, 4.69) is 4.74 Å². The molecule has 1 aliphatic carbocycles. The van der Waals surface area contributed by atoms with Crippen LogP contribution in [0.5, 0.6) is 0 Å². The summed E-state index contributed by atoms with van der Waals surface area (Å²) in [5, 5.41) is 8.80. The monoisotopic (exact) mass is 216 g/mol. The van der Waals surface area contributed by atoms with Gasteiger partial charge in [0.15, 0.2) is 0 Å². The average molecular weight is 216 g/mol. The lowest BCUT2D eigenvalue weighted by Crippen LogP contribution is -2.03. The standard InChI is InChI=1S/C10H13FO4/c1-10(2)5(7(10)8(12)13)4-6(11)9(14)15-3/h4-5,7H,1-3H3,(H,12,13)/b6-4+/t5?,7-/m0/s1. The first-order chi connectivity index (χ1) is 6.82. The minimum atomic E-state index is -1.07. The van der Waals surface area contributed by atoms with E-state index in [4.69, 9.17) is 5.11 Å². The highest BCUT2D eigenvalue weighted by molar-refractivity contribution is 5.86. The third kappa shape index (κ3) is 2.00. The van der Waals surface area contributed by atoms with Crippen LogP contribution < -0.4 is 0 Å². The van der Waals surface area contributed by atoms with Crippen molar-refractivity contribution in [2.75, 3.05) is 7.11 Å². The van der Waals surface area contributed by atoms with E-state index in [9.17, 15) is 14.0 Å².